The molecule has 0 fully saturated rings. The van der Waals surface area contributed by atoms with Gasteiger partial charge >= 0.3 is 0 Å². The second kappa shape index (κ2) is 8.01. The van der Waals surface area contributed by atoms with Crippen molar-refractivity contribution < 1.29 is 14.8 Å². The molecule has 0 radical (unpaired) electrons. The van der Waals surface area contributed by atoms with Gasteiger partial charge in [-0.15, -0.1) is 0 Å². The number of rotatable bonds is 5. The minimum Gasteiger partial charge on any atom is -0.345 e. The monoisotopic (exact) mass is 362 g/mol. The van der Waals surface area contributed by atoms with Crippen LogP contribution in [0.25, 0.3) is 10.8 Å². The minimum absolute atomic E-state index is 0.136. The first-order valence-corrected chi connectivity index (χ1v) is 8.84. The second-order valence-electron chi connectivity index (χ2n) is 6.78. The summed E-state index contributed by atoms with van der Waals surface area (Å²) in [5.74, 6) is -0.549. The molecule has 3 N–H and O–H groups in total. The first-order valence-electron chi connectivity index (χ1n) is 8.84. The van der Waals surface area contributed by atoms with Crippen LogP contribution in [0.5, 0.6) is 0 Å². The molecule has 138 valence electrons. The molecule has 0 saturated carbocycles. The van der Waals surface area contributed by atoms with Crippen molar-refractivity contribution in [3.05, 3.63) is 83.4 Å². The van der Waals surface area contributed by atoms with Crippen LogP contribution < -0.4 is 10.8 Å². The predicted molar refractivity (Wildman–Crippen MR) is 105 cm³/mol. The molecule has 0 saturated heterocycles. The van der Waals surface area contributed by atoms with Crippen LogP contribution in [0.4, 0.5) is 0 Å². The molecule has 0 bridgehead atoms. The third-order valence-corrected chi connectivity index (χ3v) is 4.62. The molecule has 0 heterocycles. The van der Waals surface area contributed by atoms with Crippen LogP contribution in [-0.4, -0.2) is 17.0 Å². The molecule has 0 aliphatic rings. The Hall–Kier alpha value is -3.18. The zero-order valence-corrected chi connectivity index (χ0v) is 15.3. The van der Waals surface area contributed by atoms with Gasteiger partial charge in [-0.25, -0.2) is 5.48 Å². The van der Waals surface area contributed by atoms with Crippen LogP contribution in [0.1, 0.15) is 46.2 Å². The average Bonchev–Trinajstić information content (AvgIpc) is 2.70. The maximum Gasteiger partial charge on any atom is 0.274 e. The highest BCUT2D eigenvalue weighted by atomic mass is 16.5. The Bertz CT molecular complexity index is 959. The summed E-state index contributed by atoms with van der Waals surface area (Å²) in [6, 6.07) is 20.1. The van der Waals surface area contributed by atoms with Gasteiger partial charge in [-0.05, 0) is 40.5 Å². The van der Waals surface area contributed by atoms with Crippen LogP contribution in [0, 0.1) is 5.92 Å². The zero-order chi connectivity index (χ0) is 19.4. The van der Waals surface area contributed by atoms with Gasteiger partial charge in [-0.3, -0.25) is 14.8 Å². The van der Waals surface area contributed by atoms with Gasteiger partial charge < -0.3 is 5.32 Å². The molecular weight excluding hydrogens is 340 g/mol. The van der Waals surface area contributed by atoms with Crippen molar-refractivity contribution in [1.29, 1.82) is 0 Å². The fraction of sp³-hybridized carbons (Fsp3) is 0.182. The molecule has 3 rings (SSSR count). The number of carbonyl (C=O) groups is 2. The topological polar surface area (TPSA) is 78.4 Å². The first-order chi connectivity index (χ1) is 13.0. The van der Waals surface area contributed by atoms with Gasteiger partial charge in [0.1, 0.15) is 0 Å². The van der Waals surface area contributed by atoms with Gasteiger partial charge in [-0.1, -0.05) is 62.4 Å². The summed E-state index contributed by atoms with van der Waals surface area (Å²) in [6.07, 6.45) is 0. The minimum atomic E-state index is -0.567. The third kappa shape index (κ3) is 3.99. The van der Waals surface area contributed by atoms with E-state index in [-0.39, 0.29) is 17.9 Å². The Morgan fingerprint density at radius 3 is 2.19 bits per heavy atom. The summed E-state index contributed by atoms with van der Waals surface area (Å²) in [4.78, 5) is 24.4. The molecule has 2 amide bonds. The number of benzene rings is 3. The molecule has 0 aliphatic heterocycles. The Kier molecular flexibility index (Phi) is 5.52. The van der Waals surface area contributed by atoms with Crippen molar-refractivity contribution in [3.63, 3.8) is 0 Å². The SMILES string of the molecule is CC(C)C(NC(=O)c1cccc2ccccc12)c1ccc(C(=O)NO)cc1. The van der Waals surface area contributed by atoms with E-state index in [1.807, 2.05) is 56.3 Å². The molecule has 0 aromatic heterocycles. The number of fused-ring (bicyclic) bond motifs is 1. The number of carbonyl (C=O) groups excluding carboxylic acids is 2. The lowest BCUT2D eigenvalue weighted by Gasteiger charge is -2.23. The lowest BCUT2D eigenvalue weighted by atomic mass is 9.94. The number of hydrogen-bond acceptors (Lipinski definition) is 3. The highest BCUT2D eigenvalue weighted by molar-refractivity contribution is 6.07. The molecule has 3 aromatic carbocycles. The summed E-state index contributed by atoms with van der Waals surface area (Å²) in [7, 11) is 0. The lowest BCUT2D eigenvalue weighted by molar-refractivity contribution is 0.0706. The predicted octanol–water partition coefficient (Wildman–Crippen LogP) is 4.09. The van der Waals surface area contributed by atoms with Crippen LogP contribution >= 0.6 is 0 Å². The fourth-order valence-electron chi connectivity index (χ4n) is 3.18. The largest absolute Gasteiger partial charge is 0.345 e. The van der Waals surface area contributed by atoms with Gasteiger partial charge in [0, 0.05) is 11.1 Å². The molecule has 0 spiro atoms. The molecule has 1 atom stereocenters. The first kappa shape index (κ1) is 18.6. The quantitative estimate of drug-likeness (QED) is 0.473. The Balaban J connectivity index is 1.88. The van der Waals surface area contributed by atoms with Gasteiger partial charge in [0.2, 0.25) is 0 Å². The normalized spacial score (nSPS) is 12.0. The second-order valence-corrected chi connectivity index (χ2v) is 6.78. The van der Waals surface area contributed by atoms with Gasteiger partial charge in [0.25, 0.3) is 11.8 Å². The molecule has 1 unspecified atom stereocenters. The Morgan fingerprint density at radius 1 is 0.852 bits per heavy atom. The van der Waals surface area contributed by atoms with Crippen molar-refractivity contribution in [1.82, 2.24) is 10.8 Å². The molecule has 0 aliphatic carbocycles. The molecule has 5 nitrogen and oxygen atoms in total. The van der Waals surface area contributed by atoms with E-state index in [1.165, 1.54) is 0 Å². The van der Waals surface area contributed by atoms with E-state index < -0.39 is 5.91 Å². The van der Waals surface area contributed by atoms with E-state index >= 15 is 0 Å². The summed E-state index contributed by atoms with van der Waals surface area (Å²) >= 11 is 0. The summed E-state index contributed by atoms with van der Waals surface area (Å²) in [5, 5.41) is 13.8. The van der Waals surface area contributed by atoms with E-state index in [2.05, 4.69) is 5.32 Å². The van der Waals surface area contributed by atoms with E-state index in [1.54, 1.807) is 29.7 Å². The molecule has 3 aromatic rings. The highest BCUT2D eigenvalue weighted by Crippen LogP contribution is 2.24. The fourth-order valence-corrected chi connectivity index (χ4v) is 3.18. The molecule has 27 heavy (non-hydrogen) atoms. The highest BCUT2D eigenvalue weighted by Gasteiger charge is 2.20. The number of amides is 2. The van der Waals surface area contributed by atoms with Crippen LogP contribution in [0.3, 0.4) is 0 Å². The molecular formula is C22H22N2O3. The summed E-state index contributed by atoms with van der Waals surface area (Å²) < 4.78 is 0. The van der Waals surface area contributed by atoms with Gasteiger partial charge in [-0.2, -0.15) is 0 Å². The smallest absolute Gasteiger partial charge is 0.274 e. The average molecular weight is 362 g/mol. The van der Waals surface area contributed by atoms with Crippen LogP contribution in [-0.2, 0) is 0 Å². The maximum absolute atomic E-state index is 13.0. The van der Waals surface area contributed by atoms with Crippen molar-refractivity contribution in [2.75, 3.05) is 0 Å². The van der Waals surface area contributed by atoms with Crippen LogP contribution in [0.2, 0.25) is 0 Å². The third-order valence-electron chi connectivity index (χ3n) is 4.62. The van der Waals surface area contributed by atoms with Crippen LogP contribution in [0.15, 0.2) is 66.7 Å². The number of hydrogen-bond donors (Lipinski definition) is 3. The van der Waals surface area contributed by atoms with E-state index in [9.17, 15) is 9.59 Å². The van der Waals surface area contributed by atoms with E-state index in [0.717, 1.165) is 16.3 Å². The summed E-state index contributed by atoms with van der Waals surface area (Å²) in [5.41, 5.74) is 3.50. The Morgan fingerprint density at radius 2 is 1.52 bits per heavy atom. The van der Waals surface area contributed by atoms with E-state index in [0.29, 0.717) is 11.1 Å². The number of hydroxylamine groups is 1. The Labute approximate surface area is 158 Å². The summed E-state index contributed by atoms with van der Waals surface area (Å²) in [6.45, 7) is 4.06. The van der Waals surface area contributed by atoms with Gasteiger partial charge in [0.05, 0.1) is 6.04 Å². The van der Waals surface area contributed by atoms with Crippen molar-refractivity contribution in [2.45, 2.75) is 19.9 Å². The lowest BCUT2D eigenvalue weighted by Crippen LogP contribution is -2.32. The van der Waals surface area contributed by atoms with Crippen molar-refractivity contribution >= 4 is 22.6 Å². The molecule has 5 heteroatoms. The standard InChI is InChI=1S/C22H22N2O3/c1-14(2)20(16-10-12-17(13-11-16)21(25)24-27)23-22(26)19-9-5-7-15-6-3-4-8-18(15)19/h3-14,20,27H,1-2H3,(H,23,26)(H,24,25). The van der Waals surface area contributed by atoms with E-state index in [4.69, 9.17) is 5.21 Å². The van der Waals surface area contributed by atoms with Gasteiger partial charge in [0.15, 0.2) is 0 Å². The number of nitrogens with one attached hydrogen (secondary N) is 2. The van der Waals surface area contributed by atoms with Crippen molar-refractivity contribution in [2.24, 2.45) is 5.92 Å². The maximum atomic E-state index is 13.0. The van der Waals surface area contributed by atoms with Crippen molar-refractivity contribution in [3.8, 4) is 0 Å². The zero-order valence-electron chi connectivity index (χ0n) is 15.3.